The van der Waals surface area contributed by atoms with E-state index in [1.54, 1.807) is 24.7 Å². The van der Waals surface area contributed by atoms with Crippen LogP contribution in [0, 0.1) is 18.3 Å². The number of carboxylic acids is 1. The fourth-order valence-electron chi connectivity index (χ4n) is 5.27. The van der Waals surface area contributed by atoms with Crippen molar-refractivity contribution in [3.63, 3.8) is 0 Å². The molecule has 2 aliphatic rings. The first-order chi connectivity index (χ1) is 18.3. The van der Waals surface area contributed by atoms with Gasteiger partial charge in [0.2, 0.25) is 5.79 Å². The summed E-state index contributed by atoms with van der Waals surface area (Å²) in [6.07, 6.45) is 7.11. The van der Waals surface area contributed by atoms with E-state index in [0.717, 1.165) is 27.2 Å². The first-order valence-electron chi connectivity index (χ1n) is 12.5. The highest BCUT2D eigenvalue weighted by Crippen LogP contribution is 2.46. The number of nitrogens with one attached hydrogen (secondary N) is 3. The van der Waals surface area contributed by atoms with Crippen LogP contribution in [0.2, 0.25) is 0 Å². The van der Waals surface area contributed by atoms with Crippen molar-refractivity contribution in [2.45, 2.75) is 33.0 Å². The van der Waals surface area contributed by atoms with E-state index in [2.05, 4.69) is 30.9 Å². The molecule has 3 atom stereocenters. The zero-order valence-corrected chi connectivity index (χ0v) is 22.2. The van der Waals surface area contributed by atoms with Crippen LogP contribution in [0.15, 0.2) is 47.3 Å². The third-order valence-electron chi connectivity index (χ3n) is 7.28. The summed E-state index contributed by atoms with van der Waals surface area (Å²) in [4.78, 5) is 45.7. The Morgan fingerprint density at radius 3 is 2.87 bits per heavy atom. The third-order valence-corrected chi connectivity index (χ3v) is 8.16. The van der Waals surface area contributed by atoms with Crippen LogP contribution in [0.1, 0.15) is 26.0 Å². The number of carbonyl (C=O) groups excluding carboxylic acids is 1. The monoisotopic (exact) mass is 534 g/mol. The standard InChI is InChI=1S/C26H30N8O3S/c1-4-28-24(37)33-26(21-13-27-8-6-25(21,3)23(35)36)32-7-5-9-34(26)17-11-18(19-10-16(2)29-14-30-19)22-20(12-17)31-15-38-22/h5,7,9-12,14-15,21,27H,4,6,8,13H2,1-3H3,(H,35,36)(H2,28,33,37). The summed E-state index contributed by atoms with van der Waals surface area (Å²) in [6, 6.07) is 5.38. The number of carbonyl (C=O) groups is 2. The minimum atomic E-state index is -1.43. The Morgan fingerprint density at radius 1 is 1.26 bits per heavy atom. The molecule has 2 amide bonds. The highest BCUT2D eigenvalue weighted by molar-refractivity contribution is 7.17. The maximum absolute atomic E-state index is 13.1. The van der Waals surface area contributed by atoms with Gasteiger partial charge in [-0.2, -0.15) is 0 Å². The van der Waals surface area contributed by atoms with Gasteiger partial charge in [0.25, 0.3) is 0 Å². The van der Waals surface area contributed by atoms with E-state index in [4.69, 9.17) is 4.99 Å². The van der Waals surface area contributed by atoms with Crippen molar-refractivity contribution in [1.82, 2.24) is 30.9 Å². The molecule has 0 aliphatic carbocycles. The predicted octanol–water partition coefficient (Wildman–Crippen LogP) is 3.14. The first kappa shape index (κ1) is 25.7. The van der Waals surface area contributed by atoms with E-state index in [-0.39, 0.29) is 0 Å². The minimum Gasteiger partial charge on any atom is -0.481 e. The number of fused-ring (bicyclic) bond motifs is 1. The average Bonchev–Trinajstić information content (AvgIpc) is 3.37. The number of aliphatic carboxylic acids is 1. The van der Waals surface area contributed by atoms with Crippen molar-refractivity contribution in [3.05, 3.63) is 48.0 Å². The number of hydrogen-bond donors (Lipinski definition) is 4. The molecule has 0 spiro atoms. The fraction of sp³-hybridized carbons (Fsp3) is 0.385. The Kier molecular flexibility index (Phi) is 6.84. The molecule has 1 aromatic carbocycles. The Morgan fingerprint density at radius 2 is 2.11 bits per heavy atom. The number of rotatable bonds is 6. The number of hydrogen-bond acceptors (Lipinski definition) is 9. The summed E-state index contributed by atoms with van der Waals surface area (Å²) in [5.74, 6) is -2.99. The molecule has 38 heavy (non-hydrogen) atoms. The van der Waals surface area contributed by atoms with Gasteiger partial charge in [0.05, 0.1) is 32.8 Å². The molecule has 3 unspecified atom stereocenters. The number of allylic oxidation sites excluding steroid dienone is 1. The zero-order chi connectivity index (χ0) is 26.9. The molecule has 1 fully saturated rings. The second-order valence-electron chi connectivity index (χ2n) is 9.67. The van der Waals surface area contributed by atoms with Crippen LogP contribution in [-0.2, 0) is 4.79 Å². The number of carboxylic acid groups (broad SMARTS) is 1. The Labute approximate surface area is 224 Å². The van der Waals surface area contributed by atoms with Gasteiger partial charge in [-0.25, -0.2) is 24.7 Å². The van der Waals surface area contributed by atoms with E-state index in [1.165, 1.54) is 17.7 Å². The highest BCUT2D eigenvalue weighted by Gasteiger charge is 2.57. The molecule has 2 aromatic heterocycles. The van der Waals surface area contributed by atoms with Crippen LogP contribution in [0.5, 0.6) is 0 Å². The second-order valence-corrected chi connectivity index (χ2v) is 10.5. The maximum atomic E-state index is 13.1. The summed E-state index contributed by atoms with van der Waals surface area (Å²) < 4.78 is 0.966. The zero-order valence-electron chi connectivity index (χ0n) is 21.4. The number of amides is 2. The van der Waals surface area contributed by atoms with Crippen LogP contribution < -0.4 is 20.9 Å². The number of anilines is 1. The van der Waals surface area contributed by atoms with Crippen molar-refractivity contribution >= 4 is 45.5 Å². The summed E-state index contributed by atoms with van der Waals surface area (Å²) in [7, 11) is 0. The predicted molar refractivity (Wildman–Crippen MR) is 147 cm³/mol. The average molecular weight is 535 g/mol. The van der Waals surface area contributed by atoms with Gasteiger partial charge in [0.15, 0.2) is 0 Å². The second kappa shape index (κ2) is 10.1. The number of benzene rings is 1. The van der Waals surface area contributed by atoms with E-state index >= 15 is 0 Å². The van der Waals surface area contributed by atoms with Crippen LogP contribution in [0.25, 0.3) is 21.5 Å². The fourth-order valence-corrected chi connectivity index (χ4v) is 6.07. The SMILES string of the molecule is CCNC(=O)NC1(C2CNCCC2(C)C(=O)O)N=CC=CN1c1cc(-c2cc(C)ncn2)c2scnc2c1. The molecule has 3 aromatic rings. The normalized spacial score (nSPS) is 24.9. The molecule has 1 saturated heterocycles. The molecule has 5 rings (SSSR count). The molecular weight excluding hydrogens is 504 g/mol. The van der Waals surface area contributed by atoms with Crippen molar-refractivity contribution in [3.8, 4) is 11.3 Å². The summed E-state index contributed by atoms with van der Waals surface area (Å²) in [5.41, 5.74) is 4.51. The largest absolute Gasteiger partial charge is 0.481 e. The summed E-state index contributed by atoms with van der Waals surface area (Å²) in [6.45, 7) is 6.76. The summed E-state index contributed by atoms with van der Waals surface area (Å²) >= 11 is 1.51. The van der Waals surface area contributed by atoms with Crippen LogP contribution >= 0.6 is 11.3 Å². The topological polar surface area (TPSA) is 145 Å². The van der Waals surface area contributed by atoms with Crippen molar-refractivity contribution in [1.29, 1.82) is 0 Å². The molecule has 11 nitrogen and oxygen atoms in total. The highest BCUT2D eigenvalue weighted by atomic mass is 32.1. The smallest absolute Gasteiger partial charge is 0.318 e. The lowest BCUT2D eigenvalue weighted by Gasteiger charge is -2.52. The van der Waals surface area contributed by atoms with Crippen molar-refractivity contribution in [2.75, 3.05) is 24.5 Å². The maximum Gasteiger partial charge on any atom is 0.318 e. The molecule has 198 valence electrons. The minimum absolute atomic E-state index is 0.341. The molecule has 2 aliphatic heterocycles. The van der Waals surface area contributed by atoms with E-state index in [1.807, 2.05) is 43.1 Å². The van der Waals surface area contributed by atoms with Gasteiger partial charge < -0.3 is 20.6 Å². The quantitative estimate of drug-likeness (QED) is 0.378. The first-order valence-corrected chi connectivity index (χ1v) is 13.3. The van der Waals surface area contributed by atoms with Crippen molar-refractivity contribution in [2.24, 2.45) is 16.3 Å². The lowest BCUT2D eigenvalue weighted by atomic mass is 9.68. The molecule has 0 saturated carbocycles. The third kappa shape index (κ3) is 4.39. The van der Waals surface area contributed by atoms with Crippen molar-refractivity contribution < 1.29 is 14.7 Å². The number of aliphatic imine (C=N–C) groups is 1. The molecule has 4 heterocycles. The number of piperidine rings is 1. The molecule has 0 radical (unpaired) electrons. The molecule has 0 bridgehead atoms. The molecule has 12 heteroatoms. The van der Waals surface area contributed by atoms with E-state index in [0.29, 0.717) is 31.7 Å². The number of thiazole rings is 1. The lowest BCUT2D eigenvalue weighted by molar-refractivity contribution is -0.155. The molecular formula is C26H30N8O3S. The van der Waals surface area contributed by atoms with Gasteiger partial charge in [0, 0.05) is 42.4 Å². The van der Waals surface area contributed by atoms with Crippen LogP contribution in [0.4, 0.5) is 10.5 Å². The Bertz CT molecular complexity index is 1440. The number of aryl methyl sites for hydroxylation is 1. The number of urea groups is 1. The number of nitrogens with zero attached hydrogens (tertiary/aromatic N) is 5. The van der Waals surface area contributed by atoms with Gasteiger partial charge >= 0.3 is 12.0 Å². The molecule has 4 N–H and O–H groups in total. The lowest BCUT2D eigenvalue weighted by Crippen LogP contribution is -2.71. The van der Waals surface area contributed by atoms with Crippen LogP contribution in [-0.4, -0.2) is 63.7 Å². The van der Waals surface area contributed by atoms with Gasteiger partial charge in [-0.3, -0.25) is 10.1 Å². The van der Waals surface area contributed by atoms with E-state index in [9.17, 15) is 14.7 Å². The summed E-state index contributed by atoms with van der Waals surface area (Å²) in [5, 5.41) is 19.5. The van der Waals surface area contributed by atoms with E-state index < -0.39 is 29.1 Å². The van der Waals surface area contributed by atoms with Gasteiger partial charge in [0.1, 0.15) is 6.33 Å². The van der Waals surface area contributed by atoms with Gasteiger partial charge in [-0.15, -0.1) is 11.3 Å². The number of aromatic nitrogens is 3. The van der Waals surface area contributed by atoms with Gasteiger partial charge in [-0.05, 0) is 58.0 Å². The Hall–Kier alpha value is -3.90. The van der Waals surface area contributed by atoms with Crippen LogP contribution in [0.3, 0.4) is 0 Å². The Balaban J connectivity index is 1.72. The van der Waals surface area contributed by atoms with Gasteiger partial charge in [-0.1, -0.05) is 0 Å².